The van der Waals surface area contributed by atoms with Crippen LogP contribution in [0.25, 0.3) is 0 Å². The molecule has 0 aromatic heterocycles. The molecule has 178 valence electrons. The van der Waals surface area contributed by atoms with Crippen molar-refractivity contribution in [2.24, 2.45) is 0 Å². The van der Waals surface area contributed by atoms with Gasteiger partial charge in [-0.3, -0.25) is 4.79 Å². The van der Waals surface area contributed by atoms with E-state index < -0.39 is 44.8 Å². The van der Waals surface area contributed by atoms with Crippen LogP contribution in [-0.2, 0) is 6.18 Å². The highest BCUT2D eigenvalue weighted by Crippen LogP contribution is 2.42. The molecule has 0 aliphatic heterocycles. The lowest BCUT2D eigenvalue weighted by Crippen LogP contribution is -2.18. The summed E-state index contributed by atoms with van der Waals surface area (Å²) in [4.78, 5) is 24.4. The molecule has 3 aromatic rings. The number of amides is 1. The number of carboxylic acid groups (broad SMARTS) is 1. The number of alkyl halides is 3. The number of hydrogen-bond acceptors (Lipinski definition) is 3. The van der Waals surface area contributed by atoms with Crippen LogP contribution in [0.5, 0.6) is 11.5 Å². The van der Waals surface area contributed by atoms with E-state index in [1.54, 1.807) is 0 Å². The maximum absolute atomic E-state index is 13.0. The Hall–Kier alpha value is -2.65. The van der Waals surface area contributed by atoms with E-state index in [1.807, 2.05) is 0 Å². The normalized spacial score (nSPS) is 11.3. The van der Waals surface area contributed by atoms with Gasteiger partial charge >= 0.3 is 12.1 Å². The SMILES string of the molecule is Cc1cc(Oc2ccc(NC(=O)c3c(Cl)c(Cl)c(Cl)c(Cl)c3C(=O)O)cc2)cc(C(F)(F)F)c1. The molecule has 0 spiro atoms. The zero-order valence-corrected chi connectivity index (χ0v) is 19.9. The third kappa shape index (κ3) is 5.52. The molecule has 3 aromatic carbocycles. The van der Waals surface area contributed by atoms with Crippen LogP contribution in [0.15, 0.2) is 42.5 Å². The number of aromatic carboxylic acids is 1. The third-order valence-corrected chi connectivity index (χ3v) is 6.24. The fourth-order valence-corrected chi connectivity index (χ4v) is 3.97. The second-order valence-corrected chi connectivity index (χ2v) is 8.44. The largest absolute Gasteiger partial charge is 0.478 e. The Morgan fingerprint density at radius 3 is 1.94 bits per heavy atom. The zero-order valence-electron chi connectivity index (χ0n) is 16.9. The van der Waals surface area contributed by atoms with Crippen molar-refractivity contribution in [1.29, 1.82) is 0 Å². The Labute approximate surface area is 210 Å². The van der Waals surface area contributed by atoms with Crippen molar-refractivity contribution in [1.82, 2.24) is 0 Å². The number of hydrogen-bond donors (Lipinski definition) is 2. The van der Waals surface area contributed by atoms with Crippen LogP contribution in [0.4, 0.5) is 18.9 Å². The van der Waals surface area contributed by atoms with E-state index >= 15 is 0 Å². The fourth-order valence-electron chi connectivity index (χ4n) is 2.95. The Kier molecular flexibility index (Phi) is 7.57. The molecule has 0 aliphatic carbocycles. The number of ether oxygens (including phenoxy) is 1. The quantitative estimate of drug-likeness (QED) is 0.246. The lowest BCUT2D eigenvalue weighted by molar-refractivity contribution is -0.137. The molecule has 1 amide bonds. The Morgan fingerprint density at radius 2 is 1.41 bits per heavy atom. The lowest BCUT2D eigenvalue weighted by Gasteiger charge is -2.14. The zero-order chi connectivity index (χ0) is 25.4. The molecule has 0 atom stereocenters. The molecule has 0 radical (unpaired) electrons. The first-order valence-electron chi connectivity index (χ1n) is 9.17. The number of rotatable bonds is 5. The van der Waals surface area contributed by atoms with Gasteiger partial charge in [-0.15, -0.1) is 0 Å². The number of aryl methyl sites for hydroxylation is 1. The van der Waals surface area contributed by atoms with Crippen molar-refractivity contribution in [3.8, 4) is 11.5 Å². The molecule has 34 heavy (non-hydrogen) atoms. The number of anilines is 1. The average molecular weight is 553 g/mol. The standard InChI is InChI=1S/C22H12Cl4F3NO4/c1-9-6-10(22(27,28)29)8-13(7-9)34-12-4-2-11(3-5-12)30-20(31)14-15(21(32)33)17(24)19(26)18(25)16(14)23/h2-8H,1H3,(H,30,31)(H,32,33). The van der Waals surface area contributed by atoms with E-state index in [0.717, 1.165) is 12.1 Å². The summed E-state index contributed by atoms with van der Waals surface area (Å²) in [5.41, 5.74) is -1.41. The van der Waals surface area contributed by atoms with Crippen LogP contribution in [0.1, 0.15) is 31.8 Å². The summed E-state index contributed by atoms with van der Waals surface area (Å²) in [7, 11) is 0. The van der Waals surface area contributed by atoms with Crippen LogP contribution in [0, 0.1) is 6.92 Å². The van der Waals surface area contributed by atoms with E-state index in [9.17, 15) is 27.9 Å². The number of carboxylic acids is 1. The maximum atomic E-state index is 13.0. The van der Waals surface area contributed by atoms with E-state index in [4.69, 9.17) is 51.1 Å². The predicted molar refractivity (Wildman–Crippen MR) is 124 cm³/mol. The molecule has 2 N–H and O–H groups in total. The van der Waals surface area contributed by atoms with Gasteiger partial charge in [0, 0.05) is 5.69 Å². The van der Waals surface area contributed by atoms with Gasteiger partial charge in [-0.25, -0.2) is 4.79 Å². The van der Waals surface area contributed by atoms with E-state index in [0.29, 0.717) is 5.56 Å². The summed E-state index contributed by atoms with van der Waals surface area (Å²) in [6.45, 7) is 1.51. The second-order valence-electron chi connectivity index (χ2n) is 6.92. The van der Waals surface area contributed by atoms with Gasteiger partial charge < -0.3 is 15.2 Å². The van der Waals surface area contributed by atoms with E-state index in [1.165, 1.54) is 37.3 Å². The van der Waals surface area contributed by atoms with Crippen molar-refractivity contribution in [3.05, 3.63) is 84.8 Å². The maximum Gasteiger partial charge on any atom is 0.416 e. The van der Waals surface area contributed by atoms with Crippen LogP contribution in [0.2, 0.25) is 20.1 Å². The van der Waals surface area contributed by atoms with E-state index in [2.05, 4.69) is 5.32 Å². The predicted octanol–water partition coefficient (Wildman–Crippen LogP) is 8.37. The van der Waals surface area contributed by atoms with Gasteiger partial charge in [0.1, 0.15) is 11.5 Å². The molecular formula is C22H12Cl4F3NO4. The molecule has 0 heterocycles. The van der Waals surface area contributed by atoms with Gasteiger partial charge in [-0.1, -0.05) is 46.4 Å². The summed E-state index contributed by atoms with van der Waals surface area (Å²) in [5, 5.41) is 10.5. The van der Waals surface area contributed by atoms with Gasteiger partial charge in [0.15, 0.2) is 0 Å². The van der Waals surface area contributed by atoms with Crippen LogP contribution >= 0.6 is 46.4 Å². The molecule has 0 aliphatic rings. The monoisotopic (exact) mass is 551 g/mol. The minimum absolute atomic E-state index is 0.0209. The first-order valence-corrected chi connectivity index (χ1v) is 10.7. The highest BCUT2D eigenvalue weighted by atomic mass is 35.5. The molecule has 0 fully saturated rings. The van der Waals surface area contributed by atoms with E-state index in [-0.39, 0.29) is 27.2 Å². The minimum atomic E-state index is -4.53. The number of halogens is 7. The van der Waals surface area contributed by atoms with Gasteiger partial charge in [-0.05, 0) is 55.0 Å². The number of carbonyl (C=O) groups is 2. The van der Waals surface area contributed by atoms with Crippen molar-refractivity contribution >= 4 is 64.0 Å². The lowest BCUT2D eigenvalue weighted by atomic mass is 10.1. The highest BCUT2D eigenvalue weighted by Gasteiger charge is 2.31. The van der Waals surface area contributed by atoms with Crippen LogP contribution < -0.4 is 10.1 Å². The van der Waals surface area contributed by atoms with Gasteiger partial charge in [0.05, 0.1) is 36.8 Å². The van der Waals surface area contributed by atoms with Crippen LogP contribution in [0.3, 0.4) is 0 Å². The smallest absolute Gasteiger partial charge is 0.416 e. The van der Waals surface area contributed by atoms with Crippen molar-refractivity contribution < 1.29 is 32.6 Å². The molecule has 12 heteroatoms. The number of nitrogens with one attached hydrogen (secondary N) is 1. The Balaban J connectivity index is 1.85. The van der Waals surface area contributed by atoms with Crippen molar-refractivity contribution in [3.63, 3.8) is 0 Å². The van der Waals surface area contributed by atoms with Crippen molar-refractivity contribution in [2.75, 3.05) is 5.32 Å². The molecule has 3 rings (SSSR count). The average Bonchev–Trinajstić information content (AvgIpc) is 2.74. The Bertz CT molecular complexity index is 1300. The summed E-state index contributed by atoms with van der Waals surface area (Å²) in [6.07, 6.45) is -4.53. The van der Waals surface area contributed by atoms with Gasteiger partial charge in [0.25, 0.3) is 5.91 Å². The minimum Gasteiger partial charge on any atom is -0.478 e. The highest BCUT2D eigenvalue weighted by molar-refractivity contribution is 6.54. The second kappa shape index (κ2) is 9.92. The third-order valence-electron chi connectivity index (χ3n) is 4.43. The topological polar surface area (TPSA) is 75.6 Å². The Morgan fingerprint density at radius 1 is 0.853 bits per heavy atom. The first kappa shape index (κ1) is 26.0. The summed E-state index contributed by atoms with van der Waals surface area (Å²) in [6, 6.07) is 8.87. The van der Waals surface area contributed by atoms with Crippen molar-refractivity contribution in [2.45, 2.75) is 13.1 Å². The molecular weight excluding hydrogens is 541 g/mol. The van der Waals surface area contributed by atoms with Crippen LogP contribution in [-0.4, -0.2) is 17.0 Å². The summed E-state index contributed by atoms with van der Waals surface area (Å²) < 4.78 is 44.5. The molecule has 0 unspecified atom stereocenters. The number of carbonyl (C=O) groups excluding carboxylic acids is 1. The number of benzene rings is 3. The summed E-state index contributed by atoms with van der Waals surface area (Å²) >= 11 is 23.8. The summed E-state index contributed by atoms with van der Waals surface area (Å²) in [5.74, 6) is -2.30. The molecule has 5 nitrogen and oxygen atoms in total. The van der Waals surface area contributed by atoms with Gasteiger partial charge in [-0.2, -0.15) is 13.2 Å². The van der Waals surface area contributed by atoms with Gasteiger partial charge in [0.2, 0.25) is 0 Å². The molecule has 0 bridgehead atoms. The molecule has 0 saturated heterocycles. The molecule has 0 saturated carbocycles. The fraction of sp³-hybridized carbons (Fsp3) is 0.0909. The first-order chi connectivity index (χ1) is 15.8.